The van der Waals surface area contributed by atoms with E-state index < -0.39 is 5.97 Å². The highest BCUT2D eigenvalue weighted by molar-refractivity contribution is 6.33. The molecule has 3 nitrogen and oxygen atoms in total. The van der Waals surface area contributed by atoms with E-state index in [0.29, 0.717) is 0 Å². The monoisotopic (exact) mass is 160 g/mol. The van der Waals surface area contributed by atoms with Crippen LogP contribution in [0.3, 0.4) is 0 Å². The fraction of sp³-hybridized carbons (Fsp3) is 0.167. The van der Waals surface area contributed by atoms with Gasteiger partial charge in [-0.05, 0) is 12.2 Å². The van der Waals surface area contributed by atoms with Crippen molar-refractivity contribution in [3.8, 4) is 0 Å². The van der Waals surface area contributed by atoms with Gasteiger partial charge in [-0.15, -0.1) is 0 Å². The Balaban J connectivity index is 2.89. The molecule has 1 heterocycles. The molecule has 10 heavy (non-hydrogen) atoms. The van der Waals surface area contributed by atoms with Crippen LogP contribution < -0.4 is 0 Å². The number of aliphatic carboxylic acids is 1. The summed E-state index contributed by atoms with van der Waals surface area (Å²) in [6.07, 6.45) is 3.16. The molecule has 0 saturated heterocycles. The zero-order valence-corrected chi connectivity index (χ0v) is 5.76. The molecule has 1 rings (SSSR count). The molecule has 0 spiro atoms. The van der Waals surface area contributed by atoms with Crippen LogP contribution in [0, 0.1) is 0 Å². The van der Waals surface area contributed by atoms with E-state index in [0.717, 1.165) is 0 Å². The lowest BCUT2D eigenvalue weighted by Gasteiger charge is -2.08. The van der Waals surface area contributed by atoms with Gasteiger partial charge >= 0.3 is 5.97 Å². The van der Waals surface area contributed by atoms with E-state index in [1.54, 1.807) is 6.08 Å². The van der Waals surface area contributed by atoms with Crippen molar-refractivity contribution in [1.29, 1.82) is 0 Å². The largest absolute Gasteiger partial charge is 0.481 e. The molecule has 1 aliphatic heterocycles. The SMILES string of the molecule is O=C(O)C1=C(Cl)C=CCO1. The minimum absolute atomic E-state index is 0.138. The summed E-state index contributed by atoms with van der Waals surface area (Å²) in [7, 11) is 0. The van der Waals surface area contributed by atoms with E-state index in [4.69, 9.17) is 21.4 Å². The van der Waals surface area contributed by atoms with Crippen molar-refractivity contribution in [2.45, 2.75) is 0 Å². The summed E-state index contributed by atoms with van der Waals surface area (Å²) >= 11 is 5.46. The van der Waals surface area contributed by atoms with Crippen molar-refractivity contribution >= 4 is 17.6 Å². The summed E-state index contributed by atoms with van der Waals surface area (Å²) in [6, 6.07) is 0. The summed E-state index contributed by atoms with van der Waals surface area (Å²) in [4.78, 5) is 10.3. The average Bonchev–Trinajstić information content (AvgIpc) is 1.88. The first-order chi connectivity index (χ1) is 4.72. The van der Waals surface area contributed by atoms with Crippen molar-refractivity contribution in [3.05, 3.63) is 22.9 Å². The van der Waals surface area contributed by atoms with E-state index in [1.165, 1.54) is 6.08 Å². The zero-order valence-electron chi connectivity index (χ0n) is 5.00. The highest BCUT2D eigenvalue weighted by Crippen LogP contribution is 2.16. The van der Waals surface area contributed by atoms with Crippen molar-refractivity contribution in [3.63, 3.8) is 0 Å². The van der Waals surface area contributed by atoms with Crippen molar-refractivity contribution in [2.24, 2.45) is 0 Å². The van der Waals surface area contributed by atoms with Crippen LogP contribution in [0.25, 0.3) is 0 Å². The predicted molar refractivity (Wildman–Crippen MR) is 35.6 cm³/mol. The molecule has 0 aromatic rings. The fourth-order valence-electron chi connectivity index (χ4n) is 0.592. The molecule has 54 valence electrons. The molecule has 0 radical (unpaired) electrons. The molecule has 1 aliphatic rings. The number of carboxylic acid groups (broad SMARTS) is 1. The van der Waals surface area contributed by atoms with Gasteiger partial charge < -0.3 is 9.84 Å². The lowest BCUT2D eigenvalue weighted by atomic mass is 10.3. The number of halogens is 1. The van der Waals surface area contributed by atoms with Crippen LogP contribution in [0.5, 0.6) is 0 Å². The standard InChI is InChI=1S/C6H5ClO3/c7-4-2-1-3-10-5(4)6(8)9/h1-2H,3H2,(H,8,9). The van der Waals surface area contributed by atoms with E-state index in [1.807, 2.05) is 0 Å². The maximum Gasteiger partial charge on any atom is 0.372 e. The Labute approximate surface area is 62.6 Å². The average molecular weight is 161 g/mol. The molecule has 0 bridgehead atoms. The third kappa shape index (κ3) is 1.30. The Bertz CT molecular complexity index is 217. The van der Waals surface area contributed by atoms with Crippen LogP contribution in [0.15, 0.2) is 22.9 Å². The van der Waals surface area contributed by atoms with Crippen LogP contribution in [0.1, 0.15) is 0 Å². The molecule has 0 aliphatic carbocycles. The van der Waals surface area contributed by atoms with E-state index in [2.05, 4.69) is 0 Å². The Morgan fingerprint density at radius 2 is 2.50 bits per heavy atom. The number of hydrogen-bond donors (Lipinski definition) is 1. The van der Waals surface area contributed by atoms with Crippen molar-refractivity contribution in [2.75, 3.05) is 6.61 Å². The zero-order chi connectivity index (χ0) is 7.56. The van der Waals surface area contributed by atoms with Crippen molar-refractivity contribution < 1.29 is 14.6 Å². The Kier molecular flexibility index (Phi) is 1.97. The van der Waals surface area contributed by atoms with Gasteiger partial charge in [-0.1, -0.05) is 11.6 Å². The topological polar surface area (TPSA) is 46.5 Å². The first kappa shape index (κ1) is 7.15. The molecular weight excluding hydrogens is 156 g/mol. The molecule has 0 amide bonds. The van der Waals surface area contributed by atoms with Crippen LogP contribution >= 0.6 is 11.6 Å². The third-order valence-corrected chi connectivity index (χ3v) is 1.30. The van der Waals surface area contributed by atoms with E-state index in [9.17, 15) is 4.79 Å². The minimum atomic E-state index is -1.13. The number of allylic oxidation sites excluding steroid dienone is 2. The summed E-state index contributed by atoms with van der Waals surface area (Å²) < 4.78 is 4.71. The van der Waals surface area contributed by atoms with E-state index >= 15 is 0 Å². The predicted octanol–water partition coefficient (Wildman–Crippen LogP) is 1.11. The second kappa shape index (κ2) is 2.75. The smallest absolute Gasteiger partial charge is 0.372 e. The number of hydrogen-bond acceptors (Lipinski definition) is 2. The second-order valence-electron chi connectivity index (χ2n) is 1.70. The normalized spacial score (nSPS) is 16.9. The van der Waals surface area contributed by atoms with Gasteiger partial charge in [0.05, 0.1) is 5.03 Å². The van der Waals surface area contributed by atoms with Gasteiger partial charge in [-0.3, -0.25) is 0 Å². The molecule has 1 N–H and O–H groups in total. The van der Waals surface area contributed by atoms with E-state index in [-0.39, 0.29) is 17.4 Å². The molecule has 0 aromatic heterocycles. The minimum Gasteiger partial charge on any atom is -0.481 e. The number of carboxylic acids is 1. The highest BCUT2D eigenvalue weighted by Gasteiger charge is 2.14. The number of rotatable bonds is 1. The van der Waals surface area contributed by atoms with Gasteiger partial charge in [-0.25, -0.2) is 4.79 Å². The summed E-state index contributed by atoms with van der Waals surface area (Å²) in [5.74, 6) is -1.31. The first-order valence-electron chi connectivity index (χ1n) is 2.64. The second-order valence-corrected chi connectivity index (χ2v) is 2.10. The molecule has 0 fully saturated rings. The Morgan fingerprint density at radius 1 is 1.80 bits per heavy atom. The van der Waals surface area contributed by atoms with Crippen LogP contribution in [0.4, 0.5) is 0 Å². The van der Waals surface area contributed by atoms with Crippen LogP contribution in [-0.4, -0.2) is 17.7 Å². The molecule has 0 atom stereocenters. The van der Waals surface area contributed by atoms with Gasteiger partial charge in [0.1, 0.15) is 6.61 Å². The van der Waals surface area contributed by atoms with Gasteiger partial charge in [0.2, 0.25) is 5.76 Å². The van der Waals surface area contributed by atoms with Gasteiger partial charge in [0, 0.05) is 0 Å². The lowest BCUT2D eigenvalue weighted by Crippen LogP contribution is -2.09. The maximum absolute atomic E-state index is 10.3. The van der Waals surface area contributed by atoms with Crippen LogP contribution in [-0.2, 0) is 9.53 Å². The molecule has 0 aromatic carbocycles. The molecular formula is C6H5ClO3. The molecule has 0 saturated carbocycles. The quantitative estimate of drug-likeness (QED) is 0.625. The maximum atomic E-state index is 10.3. The van der Waals surface area contributed by atoms with Gasteiger partial charge in [0.25, 0.3) is 0 Å². The summed E-state index contributed by atoms with van der Waals surface area (Å²) in [5, 5.41) is 8.55. The number of carbonyl (C=O) groups is 1. The summed E-state index contributed by atoms with van der Waals surface area (Å²) in [5.41, 5.74) is 0. The number of ether oxygens (including phenoxy) is 1. The van der Waals surface area contributed by atoms with Crippen LogP contribution in [0.2, 0.25) is 0 Å². The highest BCUT2D eigenvalue weighted by atomic mass is 35.5. The lowest BCUT2D eigenvalue weighted by molar-refractivity contribution is -0.136. The van der Waals surface area contributed by atoms with Gasteiger partial charge in [0.15, 0.2) is 0 Å². The fourth-order valence-corrected chi connectivity index (χ4v) is 0.816. The Morgan fingerprint density at radius 3 is 2.90 bits per heavy atom. The first-order valence-corrected chi connectivity index (χ1v) is 3.02. The van der Waals surface area contributed by atoms with Crippen molar-refractivity contribution in [1.82, 2.24) is 0 Å². The molecule has 0 unspecified atom stereocenters. The summed E-state index contributed by atoms with van der Waals surface area (Å²) in [6.45, 7) is 0.276. The molecule has 4 heteroatoms. The third-order valence-electron chi connectivity index (χ3n) is 0.999. The van der Waals surface area contributed by atoms with Gasteiger partial charge in [-0.2, -0.15) is 0 Å². The Hall–Kier alpha value is -0.960.